The van der Waals surface area contributed by atoms with Gasteiger partial charge in [0.25, 0.3) is 0 Å². The molecule has 0 fully saturated rings. The van der Waals surface area contributed by atoms with Gasteiger partial charge in [-0.25, -0.2) is 9.18 Å². The van der Waals surface area contributed by atoms with Crippen LogP contribution in [-0.2, 0) is 0 Å². The molecule has 0 radical (unpaired) electrons. The predicted octanol–water partition coefficient (Wildman–Crippen LogP) is 4.57. The van der Waals surface area contributed by atoms with E-state index in [1.54, 1.807) is 0 Å². The Labute approximate surface area is 118 Å². The molecule has 3 nitrogen and oxygen atoms in total. The molecule has 0 amide bonds. The Morgan fingerprint density at radius 2 is 1.84 bits per heavy atom. The van der Waals surface area contributed by atoms with Crippen molar-refractivity contribution in [2.24, 2.45) is 0 Å². The van der Waals surface area contributed by atoms with Gasteiger partial charge in [0.15, 0.2) is 0 Å². The van der Waals surface area contributed by atoms with Gasteiger partial charge in [-0.2, -0.15) is 0 Å². The van der Waals surface area contributed by atoms with Crippen LogP contribution in [0.2, 0.25) is 10.0 Å². The van der Waals surface area contributed by atoms with Crippen molar-refractivity contribution in [1.82, 2.24) is 0 Å². The van der Waals surface area contributed by atoms with Crippen molar-refractivity contribution >= 4 is 40.5 Å². The van der Waals surface area contributed by atoms with Crippen molar-refractivity contribution in [2.75, 3.05) is 5.32 Å². The van der Waals surface area contributed by atoms with Gasteiger partial charge in [-0.1, -0.05) is 23.2 Å². The number of carbonyl (C=O) groups is 1. The number of hydrogen-bond donors (Lipinski definition) is 2. The predicted molar refractivity (Wildman–Crippen MR) is 73.1 cm³/mol. The number of benzene rings is 2. The zero-order valence-corrected chi connectivity index (χ0v) is 11.0. The van der Waals surface area contributed by atoms with Crippen LogP contribution in [0, 0.1) is 5.82 Å². The summed E-state index contributed by atoms with van der Waals surface area (Å²) in [5.41, 5.74) is 1.01. The Morgan fingerprint density at radius 1 is 1.11 bits per heavy atom. The van der Waals surface area contributed by atoms with Crippen LogP contribution in [0.15, 0.2) is 36.4 Å². The van der Waals surface area contributed by atoms with Crippen LogP contribution in [0.3, 0.4) is 0 Å². The molecule has 2 rings (SSSR count). The maximum absolute atomic E-state index is 13.0. The highest BCUT2D eigenvalue weighted by Crippen LogP contribution is 2.28. The Balaban J connectivity index is 2.34. The maximum atomic E-state index is 13.0. The van der Waals surface area contributed by atoms with Crippen LogP contribution in [0.25, 0.3) is 0 Å². The third-order valence-corrected chi connectivity index (χ3v) is 3.03. The largest absolute Gasteiger partial charge is 0.478 e. The molecule has 0 spiro atoms. The fourth-order valence-electron chi connectivity index (χ4n) is 1.48. The van der Waals surface area contributed by atoms with E-state index in [0.29, 0.717) is 16.4 Å². The van der Waals surface area contributed by atoms with E-state index >= 15 is 0 Å². The third-order valence-electron chi connectivity index (χ3n) is 2.41. The SMILES string of the molecule is O=C(O)c1ccc(Cl)c(Nc2ccc(F)c(Cl)c2)c1. The highest BCUT2D eigenvalue weighted by molar-refractivity contribution is 6.33. The quantitative estimate of drug-likeness (QED) is 0.872. The molecular weight excluding hydrogens is 292 g/mol. The molecule has 2 aromatic rings. The zero-order chi connectivity index (χ0) is 14.0. The minimum atomic E-state index is -1.06. The minimum absolute atomic E-state index is 0.0319. The molecule has 0 aliphatic heterocycles. The second-order valence-corrected chi connectivity index (χ2v) is 4.57. The second kappa shape index (κ2) is 5.47. The van der Waals surface area contributed by atoms with Crippen molar-refractivity contribution in [1.29, 1.82) is 0 Å². The zero-order valence-electron chi connectivity index (χ0n) is 9.45. The Morgan fingerprint density at radius 3 is 2.47 bits per heavy atom. The average molecular weight is 300 g/mol. The molecule has 2 aromatic carbocycles. The maximum Gasteiger partial charge on any atom is 0.335 e. The lowest BCUT2D eigenvalue weighted by atomic mass is 10.2. The minimum Gasteiger partial charge on any atom is -0.478 e. The summed E-state index contributed by atoms with van der Waals surface area (Å²) in [6.07, 6.45) is 0. The molecule has 0 unspecified atom stereocenters. The van der Waals surface area contributed by atoms with Crippen LogP contribution >= 0.6 is 23.2 Å². The van der Waals surface area contributed by atoms with Gasteiger partial charge in [0.2, 0.25) is 0 Å². The number of nitrogens with one attached hydrogen (secondary N) is 1. The summed E-state index contributed by atoms with van der Waals surface area (Å²) in [4.78, 5) is 10.9. The average Bonchev–Trinajstić information content (AvgIpc) is 2.36. The Bertz CT molecular complexity index is 647. The van der Waals surface area contributed by atoms with Gasteiger partial charge in [0.1, 0.15) is 5.82 Å². The van der Waals surface area contributed by atoms with Gasteiger partial charge in [0, 0.05) is 5.69 Å². The summed E-state index contributed by atoms with van der Waals surface area (Å²) in [5, 5.41) is 12.1. The van der Waals surface area contributed by atoms with Gasteiger partial charge in [0.05, 0.1) is 21.3 Å². The van der Waals surface area contributed by atoms with Crippen LogP contribution in [0.5, 0.6) is 0 Å². The molecule has 2 N–H and O–H groups in total. The summed E-state index contributed by atoms with van der Waals surface area (Å²) >= 11 is 11.6. The lowest BCUT2D eigenvalue weighted by Gasteiger charge is -2.10. The number of halogens is 3. The first kappa shape index (κ1) is 13.6. The molecule has 0 saturated heterocycles. The highest BCUT2D eigenvalue weighted by atomic mass is 35.5. The number of anilines is 2. The lowest BCUT2D eigenvalue weighted by Crippen LogP contribution is -1.98. The molecule has 19 heavy (non-hydrogen) atoms. The smallest absolute Gasteiger partial charge is 0.335 e. The van der Waals surface area contributed by atoms with Crippen LogP contribution in [-0.4, -0.2) is 11.1 Å². The van der Waals surface area contributed by atoms with Gasteiger partial charge in [-0.05, 0) is 36.4 Å². The van der Waals surface area contributed by atoms with Crippen molar-refractivity contribution < 1.29 is 14.3 Å². The normalized spacial score (nSPS) is 10.3. The summed E-state index contributed by atoms with van der Waals surface area (Å²) in [7, 11) is 0. The second-order valence-electron chi connectivity index (χ2n) is 3.75. The Kier molecular flexibility index (Phi) is 3.93. The molecule has 0 aliphatic rings. The summed E-state index contributed by atoms with van der Waals surface area (Å²) in [5.74, 6) is -1.59. The fourth-order valence-corrected chi connectivity index (χ4v) is 1.83. The molecule has 6 heteroatoms. The molecular formula is C13H8Cl2FNO2. The van der Waals surface area contributed by atoms with E-state index in [1.807, 2.05) is 0 Å². The number of carboxylic acids is 1. The Hall–Kier alpha value is -1.78. The first-order valence-corrected chi connectivity index (χ1v) is 5.98. The van der Waals surface area contributed by atoms with Gasteiger partial charge >= 0.3 is 5.97 Å². The highest BCUT2D eigenvalue weighted by Gasteiger charge is 2.08. The van der Waals surface area contributed by atoms with Gasteiger partial charge < -0.3 is 10.4 Å². The van der Waals surface area contributed by atoms with Crippen molar-refractivity contribution in [3.05, 3.63) is 57.8 Å². The van der Waals surface area contributed by atoms with Crippen LogP contribution < -0.4 is 5.32 Å². The van der Waals surface area contributed by atoms with Crippen molar-refractivity contribution in [3.8, 4) is 0 Å². The van der Waals surface area contributed by atoms with E-state index in [1.165, 1.54) is 36.4 Å². The molecule has 0 aliphatic carbocycles. The van der Waals surface area contributed by atoms with Gasteiger partial charge in [-0.3, -0.25) is 0 Å². The van der Waals surface area contributed by atoms with Crippen LogP contribution in [0.4, 0.5) is 15.8 Å². The van der Waals surface area contributed by atoms with E-state index in [0.717, 1.165) is 0 Å². The van der Waals surface area contributed by atoms with E-state index in [-0.39, 0.29) is 10.6 Å². The van der Waals surface area contributed by atoms with Gasteiger partial charge in [-0.15, -0.1) is 0 Å². The number of hydrogen-bond acceptors (Lipinski definition) is 2. The summed E-state index contributed by atoms with van der Waals surface area (Å²) in [6, 6.07) is 8.33. The fraction of sp³-hybridized carbons (Fsp3) is 0. The molecule has 0 aromatic heterocycles. The topological polar surface area (TPSA) is 49.3 Å². The third kappa shape index (κ3) is 3.16. The van der Waals surface area contributed by atoms with E-state index in [2.05, 4.69) is 5.32 Å². The molecule has 98 valence electrons. The number of carboxylic acid groups (broad SMARTS) is 1. The number of aromatic carboxylic acids is 1. The molecule has 0 bridgehead atoms. The summed E-state index contributed by atoms with van der Waals surface area (Å²) < 4.78 is 13.0. The van der Waals surface area contributed by atoms with Crippen molar-refractivity contribution in [2.45, 2.75) is 0 Å². The molecule has 0 atom stereocenters. The van der Waals surface area contributed by atoms with E-state index < -0.39 is 11.8 Å². The first-order chi connectivity index (χ1) is 8.97. The van der Waals surface area contributed by atoms with Crippen LogP contribution in [0.1, 0.15) is 10.4 Å². The number of rotatable bonds is 3. The summed E-state index contributed by atoms with van der Waals surface area (Å²) in [6.45, 7) is 0. The van der Waals surface area contributed by atoms with Crippen molar-refractivity contribution in [3.63, 3.8) is 0 Å². The molecule has 0 heterocycles. The first-order valence-electron chi connectivity index (χ1n) is 5.22. The molecule has 0 saturated carbocycles. The standard InChI is InChI=1S/C13H8Cl2FNO2/c14-9-3-1-7(13(18)19)5-12(9)17-8-2-4-11(16)10(15)6-8/h1-6,17H,(H,18,19). The van der Waals surface area contributed by atoms with E-state index in [9.17, 15) is 9.18 Å². The monoisotopic (exact) mass is 299 g/mol. The van der Waals surface area contributed by atoms with E-state index in [4.69, 9.17) is 28.3 Å². The lowest BCUT2D eigenvalue weighted by molar-refractivity contribution is 0.0697.